The first-order chi connectivity index (χ1) is 14.9. The third-order valence-electron chi connectivity index (χ3n) is 5.52. The monoisotopic (exact) mass is 433 g/mol. The molecule has 0 saturated carbocycles. The number of rotatable bonds is 3. The van der Waals surface area contributed by atoms with Crippen molar-refractivity contribution >= 4 is 34.7 Å². The molecule has 0 saturated heterocycles. The number of hydrogen-bond acceptors (Lipinski definition) is 4. The van der Waals surface area contributed by atoms with E-state index in [1.807, 2.05) is 56.3 Å². The van der Waals surface area contributed by atoms with Gasteiger partial charge >= 0.3 is 0 Å². The first kappa shape index (κ1) is 20.8. The Labute approximate surface area is 186 Å². The van der Waals surface area contributed by atoms with E-state index in [1.165, 1.54) is 6.08 Å². The van der Waals surface area contributed by atoms with Crippen LogP contribution in [0.5, 0.6) is 5.75 Å². The number of amides is 1. The fourth-order valence-corrected chi connectivity index (χ4v) is 3.89. The quantitative estimate of drug-likeness (QED) is 0.507. The Morgan fingerprint density at radius 1 is 1.10 bits per heavy atom. The fraction of sp³-hybridized carbons (Fsp3) is 0.208. The summed E-state index contributed by atoms with van der Waals surface area (Å²) >= 11 is 5.20. The second kappa shape index (κ2) is 8.73. The molecule has 6 nitrogen and oxygen atoms in total. The number of anilines is 1. The first-order valence-corrected chi connectivity index (χ1v) is 10.5. The van der Waals surface area contributed by atoms with Crippen molar-refractivity contribution in [1.82, 2.24) is 10.9 Å². The van der Waals surface area contributed by atoms with E-state index in [-0.39, 0.29) is 23.2 Å². The van der Waals surface area contributed by atoms with Gasteiger partial charge in [0.1, 0.15) is 11.5 Å². The third-order valence-corrected chi connectivity index (χ3v) is 5.72. The lowest BCUT2D eigenvalue weighted by molar-refractivity contribution is -0.121. The Balaban J connectivity index is 1.45. The lowest BCUT2D eigenvalue weighted by Gasteiger charge is -2.31. The summed E-state index contributed by atoms with van der Waals surface area (Å²) in [7, 11) is 0. The van der Waals surface area contributed by atoms with Gasteiger partial charge < -0.3 is 10.1 Å². The number of hydrogen-bond donors (Lipinski definition) is 3. The number of carbonyl (C=O) groups excluding carboxylic acids is 2. The fourth-order valence-electron chi connectivity index (χ4n) is 3.72. The van der Waals surface area contributed by atoms with Crippen LogP contribution < -0.4 is 20.9 Å². The molecule has 7 heteroatoms. The Kier molecular flexibility index (Phi) is 5.86. The smallest absolute Gasteiger partial charge is 0.242 e. The van der Waals surface area contributed by atoms with E-state index >= 15 is 0 Å². The summed E-state index contributed by atoms with van der Waals surface area (Å²) in [6, 6.07) is 13.5. The Morgan fingerprint density at radius 2 is 1.87 bits per heavy atom. The molecule has 1 aliphatic carbocycles. The van der Waals surface area contributed by atoms with Crippen LogP contribution in [0.4, 0.5) is 5.69 Å². The summed E-state index contributed by atoms with van der Waals surface area (Å²) in [5, 5.41) is 3.26. The summed E-state index contributed by atoms with van der Waals surface area (Å²) in [6.07, 6.45) is 3.84. The molecule has 1 aliphatic heterocycles. The summed E-state index contributed by atoms with van der Waals surface area (Å²) in [5.41, 5.74) is 9.99. The van der Waals surface area contributed by atoms with Crippen molar-refractivity contribution in [2.75, 3.05) is 5.32 Å². The van der Waals surface area contributed by atoms with Crippen LogP contribution >= 0.6 is 12.2 Å². The number of ether oxygens (including phenoxy) is 1. The minimum absolute atomic E-state index is 0.00519. The minimum Gasteiger partial charge on any atom is -0.460 e. The number of fused-ring (bicyclic) bond motifs is 2. The second-order valence-electron chi connectivity index (χ2n) is 7.65. The molecule has 1 heterocycles. The molecule has 4 rings (SSSR count). The van der Waals surface area contributed by atoms with Crippen molar-refractivity contribution in [2.24, 2.45) is 5.92 Å². The molecule has 2 aliphatic rings. The summed E-state index contributed by atoms with van der Waals surface area (Å²) in [4.78, 5) is 25.0. The number of aryl methyl sites for hydroxylation is 1. The van der Waals surface area contributed by atoms with E-state index in [4.69, 9.17) is 17.0 Å². The molecule has 0 bridgehead atoms. The molecule has 0 radical (unpaired) electrons. The van der Waals surface area contributed by atoms with Crippen LogP contribution in [0.3, 0.4) is 0 Å². The molecule has 0 unspecified atom stereocenters. The normalized spacial score (nSPS) is 16.7. The topological polar surface area (TPSA) is 79.5 Å². The maximum atomic E-state index is 12.5. The number of ketones is 1. The van der Waals surface area contributed by atoms with Crippen molar-refractivity contribution in [3.63, 3.8) is 0 Å². The van der Waals surface area contributed by atoms with E-state index in [0.29, 0.717) is 17.8 Å². The number of nitrogens with one attached hydrogen (secondary N) is 3. The van der Waals surface area contributed by atoms with Gasteiger partial charge in [-0.15, -0.1) is 0 Å². The van der Waals surface area contributed by atoms with Gasteiger partial charge in [0.2, 0.25) is 5.91 Å². The molecule has 158 valence electrons. The van der Waals surface area contributed by atoms with Gasteiger partial charge in [-0.1, -0.05) is 36.4 Å². The third kappa shape index (κ3) is 4.51. The van der Waals surface area contributed by atoms with Crippen molar-refractivity contribution in [2.45, 2.75) is 26.7 Å². The lowest BCUT2D eigenvalue weighted by atomic mass is 9.83. The molecule has 31 heavy (non-hydrogen) atoms. The maximum Gasteiger partial charge on any atom is 0.242 e. The lowest BCUT2D eigenvalue weighted by Crippen LogP contribution is -2.44. The van der Waals surface area contributed by atoms with Crippen LogP contribution in [0.2, 0.25) is 0 Å². The highest BCUT2D eigenvalue weighted by Crippen LogP contribution is 2.40. The Hall–Kier alpha value is -3.45. The molecular weight excluding hydrogens is 410 g/mol. The van der Waals surface area contributed by atoms with Crippen LogP contribution in [0.15, 0.2) is 65.9 Å². The minimum atomic E-state index is -0.392. The summed E-state index contributed by atoms with van der Waals surface area (Å²) < 4.78 is 6.21. The molecule has 2 aromatic rings. The van der Waals surface area contributed by atoms with Crippen LogP contribution in [-0.4, -0.2) is 16.8 Å². The zero-order valence-corrected chi connectivity index (χ0v) is 18.1. The predicted molar refractivity (Wildman–Crippen MR) is 123 cm³/mol. The average molecular weight is 434 g/mol. The average Bonchev–Trinajstić information content (AvgIpc) is 2.77. The van der Waals surface area contributed by atoms with Crippen LogP contribution in [0.25, 0.3) is 0 Å². The van der Waals surface area contributed by atoms with Crippen LogP contribution in [0.1, 0.15) is 23.1 Å². The molecular formula is C24H23N3O3S. The number of para-hydroxylation sites is 1. The molecule has 1 amide bonds. The Morgan fingerprint density at radius 3 is 2.65 bits per heavy atom. The van der Waals surface area contributed by atoms with Crippen molar-refractivity contribution in [3.8, 4) is 5.75 Å². The molecule has 3 N–H and O–H groups in total. The molecule has 2 aromatic carbocycles. The summed E-state index contributed by atoms with van der Waals surface area (Å²) in [5.74, 6) is 0.672. The van der Waals surface area contributed by atoms with Gasteiger partial charge in [0.25, 0.3) is 0 Å². The number of hydrazine groups is 1. The van der Waals surface area contributed by atoms with Gasteiger partial charge in [0, 0.05) is 11.3 Å². The highest BCUT2D eigenvalue weighted by molar-refractivity contribution is 7.80. The SMILES string of the molecule is Cc1ccc2c(c1C)OC1=C(CC(=O)NNC(=S)Nc3ccccc3)C=CC(=O)[C@H]1C2. The standard InChI is InChI=1S/C24H23N3O3S/c1-14-8-9-16-12-19-20(28)11-10-17(23(19)30-22(16)15(14)2)13-21(29)26-27-24(31)25-18-6-4-3-5-7-18/h3-11,19H,12-13H2,1-2H3,(H,26,29)(H2,25,27,31)/t19-/m1/s1. The van der Waals surface area contributed by atoms with Crippen molar-refractivity contribution in [1.29, 1.82) is 0 Å². The van der Waals surface area contributed by atoms with Gasteiger partial charge in [0.15, 0.2) is 10.9 Å². The highest BCUT2D eigenvalue weighted by atomic mass is 32.1. The predicted octanol–water partition coefficient (Wildman–Crippen LogP) is 3.66. The number of thiocarbonyl (C=S) groups is 1. The number of benzene rings is 2. The van der Waals surface area contributed by atoms with E-state index in [1.54, 1.807) is 6.08 Å². The van der Waals surface area contributed by atoms with Crippen LogP contribution in [0, 0.1) is 19.8 Å². The molecule has 0 spiro atoms. The highest BCUT2D eigenvalue weighted by Gasteiger charge is 2.35. The molecule has 1 atom stereocenters. The number of carbonyl (C=O) groups is 2. The van der Waals surface area contributed by atoms with Gasteiger partial charge in [-0.25, -0.2) is 0 Å². The Bertz CT molecular complexity index is 1120. The van der Waals surface area contributed by atoms with Crippen molar-refractivity contribution in [3.05, 3.63) is 82.6 Å². The molecule has 0 fully saturated rings. The largest absolute Gasteiger partial charge is 0.460 e. The van der Waals surface area contributed by atoms with Gasteiger partial charge in [0.05, 0.1) is 12.3 Å². The number of allylic oxidation sites excluding steroid dienone is 3. The van der Waals surface area contributed by atoms with Crippen LogP contribution in [-0.2, 0) is 16.0 Å². The van der Waals surface area contributed by atoms with Gasteiger partial charge in [-0.2, -0.15) is 0 Å². The zero-order chi connectivity index (χ0) is 22.0. The van der Waals surface area contributed by atoms with E-state index in [0.717, 1.165) is 28.1 Å². The second-order valence-corrected chi connectivity index (χ2v) is 8.06. The van der Waals surface area contributed by atoms with Gasteiger partial charge in [-0.3, -0.25) is 20.4 Å². The van der Waals surface area contributed by atoms with Crippen molar-refractivity contribution < 1.29 is 14.3 Å². The molecule has 0 aromatic heterocycles. The van der Waals surface area contributed by atoms with E-state index in [2.05, 4.69) is 16.2 Å². The zero-order valence-electron chi connectivity index (χ0n) is 17.3. The first-order valence-electron chi connectivity index (χ1n) is 10.0. The van der Waals surface area contributed by atoms with Gasteiger partial charge in [-0.05, 0) is 67.4 Å². The summed E-state index contributed by atoms with van der Waals surface area (Å²) in [6.45, 7) is 4.03. The van der Waals surface area contributed by atoms with E-state index < -0.39 is 5.92 Å². The maximum absolute atomic E-state index is 12.5. The van der Waals surface area contributed by atoms with E-state index in [9.17, 15) is 9.59 Å².